The Balaban J connectivity index is 2.16. The Labute approximate surface area is 115 Å². The van der Waals surface area contributed by atoms with Crippen LogP contribution in [0.4, 0.5) is 10.2 Å². The summed E-state index contributed by atoms with van der Waals surface area (Å²) in [6, 6.07) is 8.13. The zero-order valence-electron chi connectivity index (χ0n) is 11.2. The van der Waals surface area contributed by atoms with Crippen molar-refractivity contribution in [1.29, 1.82) is 0 Å². The lowest BCUT2D eigenvalue weighted by atomic mass is 10.2. The van der Waals surface area contributed by atoms with E-state index in [1.807, 2.05) is 0 Å². The van der Waals surface area contributed by atoms with Gasteiger partial charge >= 0.3 is 5.97 Å². The predicted molar refractivity (Wildman–Crippen MR) is 71.8 cm³/mol. The first-order valence-electron chi connectivity index (χ1n) is 6.01. The van der Waals surface area contributed by atoms with Crippen LogP contribution in [0.25, 0.3) is 0 Å². The van der Waals surface area contributed by atoms with Gasteiger partial charge < -0.3 is 10.1 Å². The minimum absolute atomic E-state index is 0.0245. The number of carbonyl (C=O) groups excluding carboxylic acids is 1. The molecule has 0 radical (unpaired) electrons. The van der Waals surface area contributed by atoms with Gasteiger partial charge in [0.2, 0.25) is 5.82 Å². The maximum absolute atomic E-state index is 13.5. The molecule has 2 aromatic rings. The summed E-state index contributed by atoms with van der Waals surface area (Å²) < 4.78 is 18.1. The molecule has 0 bridgehead atoms. The second-order valence-electron chi connectivity index (χ2n) is 4.15. The quantitative estimate of drug-likeness (QED) is 0.867. The molecule has 6 heteroatoms. The number of hydrogen-bond acceptors (Lipinski definition) is 5. The van der Waals surface area contributed by atoms with Crippen LogP contribution in [-0.2, 0) is 11.3 Å². The van der Waals surface area contributed by atoms with E-state index in [1.165, 1.54) is 13.2 Å². The Hall–Kier alpha value is -2.50. The van der Waals surface area contributed by atoms with Crippen LogP contribution in [0.15, 0.2) is 30.3 Å². The molecule has 0 unspecified atom stereocenters. The Kier molecular flexibility index (Phi) is 4.24. The molecule has 0 aliphatic heterocycles. The van der Waals surface area contributed by atoms with Crippen LogP contribution in [-0.4, -0.2) is 23.0 Å². The minimum Gasteiger partial charge on any atom is -0.463 e. The molecule has 1 aromatic heterocycles. The number of rotatable bonds is 4. The zero-order chi connectivity index (χ0) is 14.5. The molecule has 0 spiro atoms. The average molecular weight is 275 g/mol. The average Bonchev–Trinajstić information content (AvgIpc) is 2.45. The first-order chi connectivity index (χ1) is 9.60. The highest BCUT2D eigenvalue weighted by Crippen LogP contribution is 2.11. The molecule has 0 saturated heterocycles. The summed E-state index contributed by atoms with van der Waals surface area (Å²) >= 11 is 0. The number of halogens is 1. The van der Waals surface area contributed by atoms with Gasteiger partial charge in [0.15, 0.2) is 0 Å². The number of benzene rings is 1. The molecule has 0 saturated carbocycles. The van der Waals surface area contributed by atoms with Gasteiger partial charge in [-0.25, -0.2) is 19.2 Å². The summed E-state index contributed by atoms with van der Waals surface area (Å²) in [6.07, 6.45) is 0. The van der Waals surface area contributed by atoms with Gasteiger partial charge in [-0.3, -0.25) is 0 Å². The lowest BCUT2D eigenvalue weighted by molar-refractivity contribution is 0.0586. The molecule has 1 heterocycles. The van der Waals surface area contributed by atoms with Crippen molar-refractivity contribution in [2.75, 3.05) is 12.4 Å². The van der Waals surface area contributed by atoms with E-state index in [4.69, 9.17) is 0 Å². The number of ether oxygens (including phenoxy) is 1. The van der Waals surface area contributed by atoms with Crippen molar-refractivity contribution in [2.45, 2.75) is 13.5 Å². The lowest BCUT2D eigenvalue weighted by Gasteiger charge is -2.08. The van der Waals surface area contributed by atoms with Gasteiger partial charge in [0.05, 0.1) is 7.11 Å². The molecule has 1 aromatic carbocycles. The van der Waals surface area contributed by atoms with Gasteiger partial charge in [0.1, 0.15) is 11.6 Å². The molecule has 0 aliphatic carbocycles. The number of methoxy groups -OCH3 is 1. The molecule has 0 aliphatic rings. The van der Waals surface area contributed by atoms with Crippen molar-refractivity contribution in [2.24, 2.45) is 0 Å². The van der Waals surface area contributed by atoms with E-state index in [-0.39, 0.29) is 18.2 Å². The highest BCUT2D eigenvalue weighted by Gasteiger charge is 2.11. The molecule has 0 atom stereocenters. The molecular formula is C14H14FN3O2. The molecule has 0 amide bonds. The highest BCUT2D eigenvalue weighted by molar-refractivity contribution is 5.85. The molecule has 1 N–H and O–H groups in total. The van der Waals surface area contributed by atoms with E-state index in [0.29, 0.717) is 17.1 Å². The monoisotopic (exact) mass is 275 g/mol. The summed E-state index contributed by atoms with van der Waals surface area (Å²) in [7, 11) is 1.26. The third-order valence-corrected chi connectivity index (χ3v) is 2.64. The number of esters is 1. The highest BCUT2D eigenvalue weighted by atomic mass is 19.1. The van der Waals surface area contributed by atoms with E-state index in [9.17, 15) is 9.18 Å². The van der Waals surface area contributed by atoms with Crippen molar-refractivity contribution in [3.8, 4) is 0 Å². The fourth-order valence-electron chi connectivity index (χ4n) is 1.67. The van der Waals surface area contributed by atoms with E-state index in [2.05, 4.69) is 20.0 Å². The summed E-state index contributed by atoms with van der Waals surface area (Å²) in [6.45, 7) is 2.01. The Morgan fingerprint density at radius 1 is 1.35 bits per heavy atom. The maximum atomic E-state index is 13.5. The van der Waals surface area contributed by atoms with Crippen LogP contribution in [0.1, 0.15) is 21.9 Å². The molecule has 2 rings (SSSR count). The van der Waals surface area contributed by atoms with Gasteiger partial charge in [-0.05, 0) is 13.0 Å². The van der Waals surface area contributed by atoms with Crippen LogP contribution >= 0.6 is 0 Å². The molecule has 20 heavy (non-hydrogen) atoms. The zero-order valence-corrected chi connectivity index (χ0v) is 11.2. The summed E-state index contributed by atoms with van der Waals surface area (Å²) in [5, 5.41) is 2.96. The third-order valence-electron chi connectivity index (χ3n) is 2.64. The second-order valence-corrected chi connectivity index (χ2v) is 4.15. The van der Waals surface area contributed by atoms with Crippen molar-refractivity contribution in [3.63, 3.8) is 0 Å². The van der Waals surface area contributed by atoms with E-state index in [0.717, 1.165) is 0 Å². The Morgan fingerprint density at radius 3 is 2.80 bits per heavy atom. The third kappa shape index (κ3) is 3.28. The van der Waals surface area contributed by atoms with E-state index >= 15 is 0 Å². The van der Waals surface area contributed by atoms with Gasteiger partial charge in [0, 0.05) is 23.9 Å². The standard InChI is InChI=1S/C14H14FN3O2/c1-9-7-12(18-13(17-9)14(19)20-2)16-8-10-5-3-4-6-11(10)15/h3-7H,8H2,1-2H3,(H,16,17,18). The predicted octanol–water partition coefficient (Wildman–Crippen LogP) is 2.32. The van der Waals surface area contributed by atoms with Crippen LogP contribution in [0.2, 0.25) is 0 Å². The molecule has 0 fully saturated rings. The van der Waals surface area contributed by atoms with E-state index < -0.39 is 5.97 Å². The van der Waals surface area contributed by atoms with Crippen molar-refractivity contribution < 1.29 is 13.9 Å². The van der Waals surface area contributed by atoms with Gasteiger partial charge in [-0.1, -0.05) is 18.2 Å². The van der Waals surface area contributed by atoms with Crippen molar-refractivity contribution in [3.05, 3.63) is 53.2 Å². The first-order valence-corrected chi connectivity index (χ1v) is 6.01. The van der Waals surface area contributed by atoms with Crippen molar-refractivity contribution in [1.82, 2.24) is 9.97 Å². The number of hydrogen-bond donors (Lipinski definition) is 1. The number of nitrogens with one attached hydrogen (secondary N) is 1. The van der Waals surface area contributed by atoms with Crippen LogP contribution in [0.3, 0.4) is 0 Å². The topological polar surface area (TPSA) is 64.1 Å². The van der Waals surface area contributed by atoms with Crippen LogP contribution < -0.4 is 5.32 Å². The number of aryl methyl sites for hydroxylation is 1. The summed E-state index contributed by atoms with van der Waals surface area (Å²) in [5.74, 6) is -0.480. The fraction of sp³-hybridized carbons (Fsp3) is 0.214. The normalized spacial score (nSPS) is 10.2. The summed E-state index contributed by atoms with van der Waals surface area (Å²) in [5.41, 5.74) is 1.14. The molecule has 104 valence electrons. The van der Waals surface area contributed by atoms with Gasteiger partial charge in [-0.15, -0.1) is 0 Å². The van der Waals surface area contributed by atoms with Crippen LogP contribution in [0, 0.1) is 12.7 Å². The summed E-state index contributed by atoms with van der Waals surface area (Å²) in [4.78, 5) is 19.4. The van der Waals surface area contributed by atoms with E-state index in [1.54, 1.807) is 31.2 Å². The largest absolute Gasteiger partial charge is 0.463 e. The second kappa shape index (κ2) is 6.10. The Bertz CT molecular complexity index is 632. The first kappa shape index (κ1) is 13.9. The van der Waals surface area contributed by atoms with Crippen molar-refractivity contribution >= 4 is 11.8 Å². The fourth-order valence-corrected chi connectivity index (χ4v) is 1.67. The lowest BCUT2D eigenvalue weighted by Crippen LogP contribution is -2.11. The smallest absolute Gasteiger partial charge is 0.376 e. The Morgan fingerprint density at radius 2 is 2.10 bits per heavy atom. The molecular weight excluding hydrogens is 261 g/mol. The number of anilines is 1. The molecule has 5 nitrogen and oxygen atoms in total. The number of carbonyl (C=O) groups is 1. The number of aromatic nitrogens is 2. The minimum atomic E-state index is -0.609. The van der Waals surface area contributed by atoms with Gasteiger partial charge in [-0.2, -0.15) is 0 Å². The maximum Gasteiger partial charge on any atom is 0.376 e. The SMILES string of the molecule is COC(=O)c1nc(C)cc(NCc2ccccc2F)n1. The van der Waals surface area contributed by atoms with Gasteiger partial charge in [0.25, 0.3) is 0 Å². The van der Waals surface area contributed by atoms with Crippen LogP contribution in [0.5, 0.6) is 0 Å². The number of nitrogens with zero attached hydrogens (tertiary/aromatic N) is 2.